The summed E-state index contributed by atoms with van der Waals surface area (Å²) in [5, 5.41) is 2.67. The molecule has 0 aliphatic carbocycles. The Hall–Kier alpha value is -0.943. The maximum atomic E-state index is 12.0. The fraction of sp³-hybridized carbons (Fsp3) is 0.400. The quantitative estimate of drug-likeness (QED) is 0.753. The van der Waals surface area contributed by atoms with Crippen LogP contribution in [-0.4, -0.2) is 17.6 Å². The lowest BCUT2D eigenvalue weighted by atomic mass is 10.4. The smallest absolute Gasteiger partial charge is 0.261 e. The van der Waals surface area contributed by atoms with Crippen molar-refractivity contribution >= 4 is 29.6 Å². The van der Waals surface area contributed by atoms with Gasteiger partial charge in [0.05, 0.1) is 19.8 Å². The second-order valence-electron chi connectivity index (χ2n) is 4.88. The van der Waals surface area contributed by atoms with E-state index in [0.717, 1.165) is 16.4 Å². The van der Waals surface area contributed by atoms with Crippen molar-refractivity contribution in [3.05, 3.63) is 28.1 Å². The zero-order valence-electron chi connectivity index (χ0n) is 9.15. The summed E-state index contributed by atoms with van der Waals surface area (Å²) in [7, 11) is -1.27. The molecule has 0 radical (unpaired) electrons. The van der Waals surface area contributed by atoms with Gasteiger partial charge in [-0.25, -0.2) is 4.98 Å². The first-order valence-corrected chi connectivity index (χ1v) is 9.49. The summed E-state index contributed by atoms with van der Waals surface area (Å²) in [4.78, 5) is 17.1. The molecule has 2 rings (SSSR count). The Labute approximate surface area is 93.4 Å². The number of rotatable bonds is 2. The summed E-state index contributed by atoms with van der Waals surface area (Å²) < 4.78 is 1.75. The first kappa shape index (κ1) is 10.6. The number of hydrogen-bond acceptors (Lipinski definition) is 3. The maximum absolute atomic E-state index is 12.0. The van der Waals surface area contributed by atoms with Gasteiger partial charge < -0.3 is 4.57 Å². The molecule has 0 bridgehead atoms. The van der Waals surface area contributed by atoms with E-state index in [0.29, 0.717) is 0 Å². The highest BCUT2D eigenvalue weighted by atomic mass is 32.1. The summed E-state index contributed by atoms with van der Waals surface area (Å²) in [5.74, 6) is 0. The number of aromatic nitrogens is 2. The molecule has 0 amide bonds. The third-order valence-corrected chi connectivity index (χ3v) is 4.21. The predicted octanol–water partition coefficient (Wildman–Crippen LogP) is 2.34. The van der Waals surface area contributed by atoms with Gasteiger partial charge in [-0.2, -0.15) is 0 Å². The van der Waals surface area contributed by atoms with Gasteiger partial charge in [-0.3, -0.25) is 4.79 Å². The highest BCUT2D eigenvalue weighted by Crippen LogP contribution is 2.13. The minimum atomic E-state index is -1.27. The van der Waals surface area contributed by atoms with Crippen molar-refractivity contribution in [2.24, 2.45) is 0 Å². The largest absolute Gasteiger partial charge is 0.302 e. The van der Waals surface area contributed by atoms with Crippen LogP contribution in [0.5, 0.6) is 0 Å². The fourth-order valence-corrected chi connectivity index (χ4v) is 3.49. The van der Waals surface area contributed by atoms with Crippen molar-refractivity contribution in [2.45, 2.75) is 25.8 Å². The molecule has 3 nitrogen and oxygen atoms in total. The molecular weight excluding hydrogens is 224 g/mol. The average Bonchev–Trinajstić information content (AvgIpc) is 2.56. The Morgan fingerprint density at radius 1 is 1.47 bits per heavy atom. The molecule has 0 aliphatic rings. The van der Waals surface area contributed by atoms with Crippen molar-refractivity contribution in [1.82, 2.24) is 9.55 Å². The third-order valence-electron chi connectivity index (χ3n) is 2.10. The summed E-state index contributed by atoms with van der Waals surface area (Å²) in [5.41, 5.74) is 0.101. The summed E-state index contributed by atoms with van der Waals surface area (Å²) in [6.45, 7) is 6.74. The van der Waals surface area contributed by atoms with Gasteiger partial charge in [-0.15, -0.1) is 11.3 Å². The Balaban J connectivity index is 2.53. The highest BCUT2D eigenvalue weighted by molar-refractivity contribution is 7.16. The lowest BCUT2D eigenvalue weighted by molar-refractivity contribution is 0.794. The zero-order chi connectivity index (χ0) is 11.1. The van der Waals surface area contributed by atoms with Crippen LogP contribution in [0.4, 0.5) is 0 Å². The van der Waals surface area contributed by atoms with Gasteiger partial charge in [0, 0.05) is 6.17 Å². The molecular formula is C10H14N2OSSi. The fourth-order valence-electron chi connectivity index (χ4n) is 1.52. The molecule has 0 spiro atoms. The molecule has 0 atom stereocenters. The Morgan fingerprint density at radius 2 is 2.20 bits per heavy atom. The van der Waals surface area contributed by atoms with Crippen LogP contribution in [-0.2, 0) is 6.17 Å². The van der Waals surface area contributed by atoms with Gasteiger partial charge in [0.25, 0.3) is 5.56 Å². The van der Waals surface area contributed by atoms with E-state index in [1.54, 1.807) is 10.9 Å². The van der Waals surface area contributed by atoms with Crippen LogP contribution in [0.1, 0.15) is 0 Å². The minimum absolute atomic E-state index is 0.101. The standard InChI is InChI=1S/C10H14N2OSSi/c1-15(2,3)7-12-6-11-9-8(10(12)13)4-5-14-9/h4-6H,7H2,1-3H3. The maximum Gasteiger partial charge on any atom is 0.261 e. The molecule has 2 heterocycles. The van der Waals surface area contributed by atoms with E-state index < -0.39 is 8.07 Å². The molecule has 0 saturated heterocycles. The zero-order valence-corrected chi connectivity index (χ0v) is 11.0. The molecule has 2 aromatic rings. The number of fused-ring (bicyclic) bond motifs is 1. The van der Waals surface area contributed by atoms with E-state index in [1.807, 2.05) is 11.4 Å². The molecule has 0 N–H and O–H groups in total. The normalized spacial score (nSPS) is 12.2. The van der Waals surface area contributed by atoms with Crippen molar-refractivity contribution in [3.63, 3.8) is 0 Å². The van der Waals surface area contributed by atoms with Crippen LogP contribution in [0, 0.1) is 0 Å². The summed E-state index contributed by atoms with van der Waals surface area (Å²) in [6, 6.07) is 1.86. The molecule has 15 heavy (non-hydrogen) atoms. The highest BCUT2D eigenvalue weighted by Gasteiger charge is 2.15. The van der Waals surface area contributed by atoms with Gasteiger partial charge in [0.1, 0.15) is 4.83 Å². The lowest BCUT2D eigenvalue weighted by Crippen LogP contribution is -2.34. The SMILES string of the molecule is C[Si](C)(C)Cn1cnc2sccc2c1=O. The van der Waals surface area contributed by atoms with Gasteiger partial charge in [-0.1, -0.05) is 19.6 Å². The van der Waals surface area contributed by atoms with E-state index in [1.165, 1.54) is 11.3 Å². The molecule has 0 saturated carbocycles. The van der Waals surface area contributed by atoms with E-state index >= 15 is 0 Å². The molecule has 0 unspecified atom stereocenters. The van der Waals surface area contributed by atoms with Crippen LogP contribution in [0.2, 0.25) is 19.6 Å². The van der Waals surface area contributed by atoms with E-state index in [-0.39, 0.29) is 5.56 Å². The van der Waals surface area contributed by atoms with Crippen molar-refractivity contribution in [3.8, 4) is 0 Å². The first-order valence-electron chi connectivity index (χ1n) is 4.90. The Kier molecular flexibility index (Phi) is 2.52. The predicted molar refractivity (Wildman–Crippen MR) is 67.2 cm³/mol. The van der Waals surface area contributed by atoms with E-state index in [4.69, 9.17) is 0 Å². The molecule has 0 fully saturated rings. The van der Waals surface area contributed by atoms with Crippen LogP contribution in [0.15, 0.2) is 22.6 Å². The molecule has 0 aromatic carbocycles. The van der Waals surface area contributed by atoms with Crippen LogP contribution in [0.25, 0.3) is 10.2 Å². The van der Waals surface area contributed by atoms with Crippen molar-refractivity contribution < 1.29 is 0 Å². The topological polar surface area (TPSA) is 34.9 Å². The Bertz CT molecular complexity index is 538. The van der Waals surface area contributed by atoms with E-state index in [9.17, 15) is 4.79 Å². The van der Waals surface area contributed by atoms with Crippen LogP contribution in [0.3, 0.4) is 0 Å². The molecule has 0 aliphatic heterocycles. The van der Waals surface area contributed by atoms with Gasteiger partial charge in [0.15, 0.2) is 0 Å². The third kappa shape index (κ3) is 2.18. The summed E-state index contributed by atoms with van der Waals surface area (Å²) >= 11 is 1.52. The van der Waals surface area contributed by atoms with E-state index in [2.05, 4.69) is 24.6 Å². The first-order chi connectivity index (χ1) is 6.97. The number of hydrogen-bond donors (Lipinski definition) is 0. The van der Waals surface area contributed by atoms with Crippen molar-refractivity contribution in [2.75, 3.05) is 0 Å². The second-order valence-corrected chi connectivity index (χ2v) is 11.2. The number of nitrogens with zero attached hydrogens (tertiary/aromatic N) is 2. The Morgan fingerprint density at radius 3 is 2.87 bits per heavy atom. The summed E-state index contributed by atoms with van der Waals surface area (Å²) in [6.07, 6.45) is 2.52. The van der Waals surface area contributed by atoms with Crippen LogP contribution >= 0.6 is 11.3 Å². The molecule has 80 valence electrons. The lowest BCUT2D eigenvalue weighted by Gasteiger charge is -2.16. The van der Waals surface area contributed by atoms with Crippen LogP contribution < -0.4 is 5.56 Å². The van der Waals surface area contributed by atoms with Gasteiger partial charge >= 0.3 is 0 Å². The monoisotopic (exact) mass is 238 g/mol. The second kappa shape index (κ2) is 3.57. The average molecular weight is 238 g/mol. The number of thiophene rings is 1. The molecule has 5 heteroatoms. The van der Waals surface area contributed by atoms with Gasteiger partial charge in [-0.05, 0) is 11.4 Å². The van der Waals surface area contributed by atoms with Gasteiger partial charge in [0.2, 0.25) is 0 Å². The minimum Gasteiger partial charge on any atom is -0.302 e. The molecule has 2 aromatic heterocycles. The van der Waals surface area contributed by atoms with Crippen molar-refractivity contribution in [1.29, 1.82) is 0 Å².